The summed E-state index contributed by atoms with van der Waals surface area (Å²) in [4.78, 5) is 28.6. The molecule has 3 aromatic rings. The van der Waals surface area contributed by atoms with E-state index in [2.05, 4.69) is 27.9 Å². The Morgan fingerprint density at radius 3 is 2.13 bits per heavy atom. The Morgan fingerprint density at radius 1 is 0.949 bits per heavy atom. The number of sulfonamides is 1. The highest BCUT2D eigenvalue weighted by molar-refractivity contribution is 14.1. The molecule has 0 unspecified atom stereocenters. The Morgan fingerprint density at radius 2 is 1.56 bits per heavy atom. The van der Waals surface area contributed by atoms with E-state index in [0.29, 0.717) is 24.2 Å². The van der Waals surface area contributed by atoms with Gasteiger partial charge in [0, 0.05) is 16.7 Å². The van der Waals surface area contributed by atoms with Gasteiger partial charge in [0.2, 0.25) is 11.8 Å². The van der Waals surface area contributed by atoms with Gasteiger partial charge in [0.15, 0.2) is 0 Å². The van der Waals surface area contributed by atoms with Gasteiger partial charge in [-0.3, -0.25) is 13.9 Å². The maximum Gasteiger partial charge on any atom is 0.264 e. The van der Waals surface area contributed by atoms with Gasteiger partial charge in [-0.25, -0.2) is 12.8 Å². The van der Waals surface area contributed by atoms with Crippen LogP contribution in [0, 0.1) is 15.3 Å². The number of hydrogen-bond donors (Lipinski definition) is 1. The van der Waals surface area contributed by atoms with E-state index in [1.54, 1.807) is 61.5 Å². The van der Waals surface area contributed by atoms with E-state index in [9.17, 15) is 22.4 Å². The second-order valence-corrected chi connectivity index (χ2v) is 12.6. The molecule has 0 fully saturated rings. The number of benzene rings is 3. The van der Waals surface area contributed by atoms with Crippen molar-refractivity contribution in [1.82, 2.24) is 10.2 Å². The van der Waals surface area contributed by atoms with Crippen molar-refractivity contribution >= 4 is 50.1 Å². The van der Waals surface area contributed by atoms with Gasteiger partial charge in [-0.15, -0.1) is 0 Å². The molecule has 1 N–H and O–H groups in total. The van der Waals surface area contributed by atoms with Gasteiger partial charge in [-0.1, -0.05) is 51.1 Å². The monoisotopic (exact) mass is 665 g/mol. The summed E-state index contributed by atoms with van der Waals surface area (Å²) < 4.78 is 43.1. The third-order valence-corrected chi connectivity index (χ3v) is 8.57. The normalized spacial score (nSPS) is 12.2. The molecule has 3 aromatic carbocycles. The molecule has 0 aromatic heterocycles. The van der Waals surface area contributed by atoms with Crippen molar-refractivity contribution in [1.29, 1.82) is 0 Å². The minimum atomic E-state index is -4.11. The van der Waals surface area contributed by atoms with Gasteiger partial charge in [-0.05, 0) is 89.0 Å². The van der Waals surface area contributed by atoms with Crippen molar-refractivity contribution < 1.29 is 22.4 Å². The topological polar surface area (TPSA) is 86.8 Å². The molecule has 0 aliphatic heterocycles. The van der Waals surface area contributed by atoms with Crippen LogP contribution in [-0.2, 0) is 26.2 Å². The number of carbonyl (C=O) groups excluding carboxylic acids is 2. The Labute approximate surface area is 243 Å². The number of nitrogens with one attached hydrogen (secondary N) is 1. The fraction of sp³-hybridized carbons (Fsp3) is 0.310. The summed E-state index contributed by atoms with van der Waals surface area (Å²) in [5, 5.41) is 2.89. The zero-order chi connectivity index (χ0) is 28.6. The molecule has 0 radical (unpaired) electrons. The van der Waals surface area contributed by atoms with Crippen molar-refractivity contribution in [2.24, 2.45) is 5.92 Å². The average molecular weight is 666 g/mol. The largest absolute Gasteiger partial charge is 0.354 e. The summed E-state index contributed by atoms with van der Waals surface area (Å²) in [5.74, 6) is -1.09. The van der Waals surface area contributed by atoms with Gasteiger partial charge in [-0.2, -0.15) is 0 Å². The minimum Gasteiger partial charge on any atom is -0.354 e. The molecule has 0 aliphatic carbocycles. The summed E-state index contributed by atoms with van der Waals surface area (Å²) in [5.41, 5.74) is 0.943. The predicted octanol–water partition coefficient (Wildman–Crippen LogP) is 5.21. The van der Waals surface area contributed by atoms with E-state index < -0.39 is 34.3 Å². The molecule has 0 spiro atoms. The SMILES string of the molecule is CC[C@@H](C(=O)NCC(C)C)N(Cc1ccc(F)cc1)C(=O)CN(c1ccc(I)cc1)S(=O)(=O)c1ccccc1. The van der Waals surface area contributed by atoms with Crippen molar-refractivity contribution in [2.45, 2.75) is 44.7 Å². The van der Waals surface area contributed by atoms with Gasteiger partial charge in [0.25, 0.3) is 10.0 Å². The van der Waals surface area contributed by atoms with E-state index in [1.165, 1.54) is 29.2 Å². The summed E-state index contributed by atoms with van der Waals surface area (Å²) in [7, 11) is -4.11. The Hall–Kier alpha value is -2.99. The zero-order valence-electron chi connectivity index (χ0n) is 22.2. The highest BCUT2D eigenvalue weighted by Crippen LogP contribution is 2.25. The summed E-state index contributed by atoms with van der Waals surface area (Å²) in [6.07, 6.45) is 0.311. The van der Waals surface area contributed by atoms with Gasteiger partial charge < -0.3 is 10.2 Å². The Kier molecular flexibility index (Phi) is 10.9. The molecule has 2 amide bonds. The van der Waals surface area contributed by atoms with Crippen LogP contribution < -0.4 is 9.62 Å². The summed E-state index contributed by atoms with van der Waals surface area (Å²) in [6.45, 7) is 5.66. The molecule has 3 rings (SSSR count). The summed E-state index contributed by atoms with van der Waals surface area (Å²) >= 11 is 2.12. The molecule has 7 nitrogen and oxygen atoms in total. The Bertz CT molecular complexity index is 1350. The molecule has 0 bridgehead atoms. The lowest BCUT2D eigenvalue weighted by atomic mass is 10.1. The Balaban J connectivity index is 2.02. The van der Waals surface area contributed by atoms with Gasteiger partial charge >= 0.3 is 0 Å². The second kappa shape index (κ2) is 13.9. The fourth-order valence-electron chi connectivity index (χ4n) is 3.98. The van der Waals surface area contributed by atoms with Crippen LogP contribution in [0.2, 0.25) is 0 Å². The maximum atomic E-state index is 14.0. The smallest absolute Gasteiger partial charge is 0.264 e. The molecular formula is C29H33FIN3O4S. The first-order valence-electron chi connectivity index (χ1n) is 12.7. The van der Waals surface area contributed by atoms with Crippen LogP contribution in [0.5, 0.6) is 0 Å². The van der Waals surface area contributed by atoms with E-state index >= 15 is 0 Å². The number of amides is 2. The standard InChI is InChI=1S/C29H33FIN3O4S/c1-4-27(29(36)32-18-21(2)3)33(19-22-10-12-23(30)13-11-22)28(35)20-34(25-16-14-24(31)15-17-25)39(37,38)26-8-6-5-7-9-26/h5-17,21,27H,4,18-20H2,1-3H3,(H,32,36)/t27-/m0/s1. The van der Waals surface area contributed by atoms with Gasteiger partial charge in [0.1, 0.15) is 18.4 Å². The van der Waals surface area contributed by atoms with E-state index in [1.807, 2.05) is 13.8 Å². The predicted molar refractivity (Wildman–Crippen MR) is 159 cm³/mol. The molecule has 39 heavy (non-hydrogen) atoms. The first-order valence-corrected chi connectivity index (χ1v) is 15.2. The number of hydrogen-bond acceptors (Lipinski definition) is 4. The molecule has 0 saturated carbocycles. The summed E-state index contributed by atoms with van der Waals surface area (Å²) in [6, 6.07) is 19.5. The van der Waals surface area contributed by atoms with Crippen LogP contribution in [0.15, 0.2) is 83.8 Å². The molecule has 10 heteroatoms. The van der Waals surface area contributed by atoms with E-state index in [0.717, 1.165) is 7.88 Å². The second-order valence-electron chi connectivity index (χ2n) is 9.51. The fourth-order valence-corrected chi connectivity index (χ4v) is 5.78. The third-order valence-electron chi connectivity index (χ3n) is 6.06. The third kappa shape index (κ3) is 8.25. The highest BCUT2D eigenvalue weighted by Gasteiger charge is 2.33. The van der Waals surface area contributed by atoms with Gasteiger partial charge in [0.05, 0.1) is 10.6 Å². The molecule has 1 atom stereocenters. The number of rotatable bonds is 12. The molecule has 0 saturated heterocycles. The highest BCUT2D eigenvalue weighted by atomic mass is 127. The number of halogens is 2. The minimum absolute atomic E-state index is 0.0125. The first-order chi connectivity index (χ1) is 18.5. The quantitative estimate of drug-likeness (QED) is 0.270. The lowest BCUT2D eigenvalue weighted by molar-refractivity contribution is -0.140. The van der Waals surface area contributed by atoms with Crippen LogP contribution in [0.4, 0.5) is 10.1 Å². The van der Waals surface area contributed by atoms with Crippen LogP contribution in [0.25, 0.3) is 0 Å². The molecule has 0 aliphatic rings. The molecule has 208 valence electrons. The zero-order valence-corrected chi connectivity index (χ0v) is 25.2. The lowest BCUT2D eigenvalue weighted by Crippen LogP contribution is -2.52. The van der Waals surface area contributed by atoms with Crippen LogP contribution in [0.1, 0.15) is 32.8 Å². The number of nitrogens with zero attached hydrogens (tertiary/aromatic N) is 2. The van der Waals surface area contributed by atoms with Crippen molar-refractivity contribution in [2.75, 3.05) is 17.4 Å². The van der Waals surface area contributed by atoms with Crippen LogP contribution >= 0.6 is 22.6 Å². The number of anilines is 1. The maximum absolute atomic E-state index is 14.0. The van der Waals surface area contributed by atoms with Crippen molar-refractivity contribution in [3.63, 3.8) is 0 Å². The van der Waals surface area contributed by atoms with Crippen LogP contribution in [0.3, 0.4) is 0 Å². The van der Waals surface area contributed by atoms with E-state index in [4.69, 9.17) is 0 Å². The molecular weight excluding hydrogens is 632 g/mol. The van der Waals surface area contributed by atoms with E-state index in [-0.39, 0.29) is 23.3 Å². The molecule has 0 heterocycles. The van der Waals surface area contributed by atoms with Crippen molar-refractivity contribution in [3.8, 4) is 0 Å². The van der Waals surface area contributed by atoms with Crippen LogP contribution in [-0.4, -0.2) is 44.3 Å². The first kappa shape index (κ1) is 30.6. The number of carbonyl (C=O) groups is 2. The average Bonchev–Trinajstić information content (AvgIpc) is 2.92. The lowest BCUT2D eigenvalue weighted by Gasteiger charge is -2.33. The van der Waals surface area contributed by atoms with Crippen molar-refractivity contribution in [3.05, 3.63) is 93.8 Å².